The predicted molar refractivity (Wildman–Crippen MR) is 139 cm³/mol. The minimum atomic E-state index is -0.652. The lowest BCUT2D eigenvalue weighted by molar-refractivity contribution is -0.147. The Labute approximate surface area is 216 Å². The van der Waals surface area contributed by atoms with Crippen molar-refractivity contribution >= 4 is 56.7 Å². The molecule has 7 nitrogen and oxygen atoms in total. The van der Waals surface area contributed by atoms with Gasteiger partial charge >= 0.3 is 5.97 Å². The van der Waals surface area contributed by atoms with Crippen molar-refractivity contribution in [2.45, 2.75) is 26.7 Å². The molecule has 0 spiro atoms. The second kappa shape index (κ2) is 12.4. The van der Waals surface area contributed by atoms with Gasteiger partial charge in [-0.05, 0) is 95.5 Å². The number of anilines is 2. The van der Waals surface area contributed by atoms with E-state index >= 15 is 0 Å². The van der Waals surface area contributed by atoms with Crippen molar-refractivity contribution in [1.29, 1.82) is 0 Å². The van der Waals surface area contributed by atoms with Gasteiger partial charge in [0.2, 0.25) is 5.91 Å². The predicted octanol–water partition coefficient (Wildman–Crippen LogP) is 6.41. The Morgan fingerprint density at radius 1 is 0.800 bits per heavy atom. The van der Waals surface area contributed by atoms with E-state index in [1.807, 2.05) is 26.0 Å². The van der Waals surface area contributed by atoms with Gasteiger partial charge in [0, 0.05) is 22.3 Å². The van der Waals surface area contributed by atoms with E-state index in [0.29, 0.717) is 26.6 Å². The third-order valence-electron chi connectivity index (χ3n) is 4.69. The van der Waals surface area contributed by atoms with Crippen LogP contribution in [0.25, 0.3) is 0 Å². The number of benzene rings is 3. The monoisotopic (exact) mass is 558 g/mol. The zero-order valence-corrected chi connectivity index (χ0v) is 21.5. The van der Waals surface area contributed by atoms with Crippen molar-refractivity contribution < 1.29 is 23.9 Å². The Kier molecular flexibility index (Phi) is 9.28. The number of carbonyl (C=O) groups is 3. The van der Waals surface area contributed by atoms with Gasteiger partial charge in [0.05, 0.1) is 11.4 Å². The SMILES string of the molecule is Cc1cc(C)cc(Oc2ccc(NC(=O)CCC(=O)OCC(=O)Nc3ccc(Br)c(Cl)c3)cc2)c1. The molecular weight excluding hydrogens is 536 g/mol. The molecule has 3 aromatic carbocycles. The Hall–Kier alpha value is -3.36. The van der Waals surface area contributed by atoms with E-state index in [1.54, 1.807) is 42.5 Å². The largest absolute Gasteiger partial charge is 0.457 e. The van der Waals surface area contributed by atoms with Gasteiger partial charge in [0.25, 0.3) is 5.91 Å². The molecule has 0 fully saturated rings. The van der Waals surface area contributed by atoms with E-state index in [9.17, 15) is 14.4 Å². The van der Waals surface area contributed by atoms with Gasteiger partial charge in [0.1, 0.15) is 11.5 Å². The highest BCUT2D eigenvalue weighted by atomic mass is 79.9. The highest BCUT2D eigenvalue weighted by Crippen LogP contribution is 2.26. The summed E-state index contributed by atoms with van der Waals surface area (Å²) in [6.45, 7) is 3.54. The van der Waals surface area contributed by atoms with Gasteiger partial charge in [-0.25, -0.2) is 0 Å². The molecule has 0 saturated heterocycles. The second-order valence-corrected chi connectivity index (χ2v) is 9.10. The molecule has 0 radical (unpaired) electrons. The lowest BCUT2D eigenvalue weighted by atomic mass is 10.1. The van der Waals surface area contributed by atoms with Crippen LogP contribution >= 0.6 is 27.5 Å². The molecule has 0 bridgehead atoms. The summed E-state index contributed by atoms with van der Waals surface area (Å²) in [4.78, 5) is 36.0. The van der Waals surface area contributed by atoms with Crippen molar-refractivity contribution in [3.63, 3.8) is 0 Å². The zero-order valence-electron chi connectivity index (χ0n) is 19.2. The van der Waals surface area contributed by atoms with Crippen LogP contribution in [0.2, 0.25) is 5.02 Å². The molecule has 0 aliphatic rings. The molecule has 3 rings (SSSR count). The van der Waals surface area contributed by atoms with Crippen molar-refractivity contribution in [1.82, 2.24) is 0 Å². The summed E-state index contributed by atoms with van der Waals surface area (Å²) in [5.74, 6) is -0.128. The average Bonchev–Trinajstić information content (AvgIpc) is 2.79. The Morgan fingerprint density at radius 3 is 2.09 bits per heavy atom. The average molecular weight is 560 g/mol. The summed E-state index contributed by atoms with van der Waals surface area (Å²) in [5.41, 5.74) is 3.27. The fourth-order valence-electron chi connectivity index (χ4n) is 3.16. The van der Waals surface area contributed by atoms with Gasteiger partial charge in [-0.2, -0.15) is 0 Å². The Balaban J connectivity index is 1.38. The first kappa shape index (κ1) is 26.2. The van der Waals surface area contributed by atoms with Crippen LogP contribution in [-0.4, -0.2) is 24.4 Å². The van der Waals surface area contributed by atoms with Crippen LogP contribution in [0.3, 0.4) is 0 Å². The summed E-state index contributed by atoms with van der Waals surface area (Å²) in [5, 5.41) is 5.73. The van der Waals surface area contributed by atoms with E-state index in [0.717, 1.165) is 16.9 Å². The van der Waals surface area contributed by atoms with Crippen molar-refractivity contribution in [3.05, 3.63) is 81.3 Å². The van der Waals surface area contributed by atoms with Gasteiger partial charge in [-0.3, -0.25) is 14.4 Å². The highest BCUT2D eigenvalue weighted by molar-refractivity contribution is 9.10. The Morgan fingerprint density at radius 2 is 1.43 bits per heavy atom. The van der Waals surface area contributed by atoms with Gasteiger partial charge in [-0.1, -0.05) is 17.7 Å². The summed E-state index contributed by atoms with van der Waals surface area (Å²) in [6.07, 6.45) is -0.235. The van der Waals surface area contributed by atoms with Crippen LogP contribution in [0, 0.1) is 13.8 Å². The fourth-order valence-corrected chi connectivity index (χ4v) is 3.59. The van der Waals surface area contributed by atoms with E-state index in [2.05, 4.69) is 32.6 Å². The standard InChI is InChI=1S/C26H24BrClN2O5/c1-16-11-17(2)13-21(12-16)35-20-6-3-18(4-7-20)29-24(31)9-10-26(33)34-15-25(32)30-19-5-8-22(27)23(28)14-19/h3-8,11-14H,9-10,15H2,1-2H3,(H,29,31)(H,30,32). The van der Waals surface area contributed by atoms with Gasteiger partial charge < -0.3 is 20.1 Å². The Bertz CT molecular complexity index is 1210. The van der Waals surface area contributed by atoms with E-state index in [1.165, 1.54) is 0 Å². The minimum Gasteiger partial charge on any atom is -0.457 e. The van der Waals surface area contributed by atoms with Crippen molar-refractivity contribution in [2.24, 2.45) is 0 Å². The highest BCUT2D eigenvalue weighted by Gasteiger charge is 2.12. The number of rotatable bonds is 9. The molecule has 0 heterocycles. The van der Waals surface area contributed by atoms with Gasteiger partial charge in [0.15, 0.2) is 6.61 Å². The molecule has 0 unspecified atom stereocenters. The van der Waals surface area contributed by atoms with E-state index in [4.69, 9.17) is 21.1 Å². The smallest absolute Gasteiger partial charge is 0.306 e. The van der Waals surface area contributed by atoms with Crippen LogP contribution in [-0.2, 0) is 19.1 Å². The molecular formula is C26H24BrClN2O5. The molecule has 35 heavy (non-hydrogen) atoms. The molecule has 0 saturated carbocycles. The van der Waals surface area contributed by atoms with Gasteiger partial charge in [-0.15, -0.1) is 0 Å². The van der Waals surface area contributed by atoms with E-state index < -0.39 is 18.5 Å². The van der Waals surface area contributed by atoms with E-state index in [-0.39, 0.29) is 18.7 Å². The maximum absolute atomic E-state index is 12.2. The third kappa shape index (κ3) is 8.73. The summed E-state index contributed by atoms with van der Waals surface area (Å²) < 4.78 is 11.5. The summed E-state index contributed by atoms with van der Waals surface area (Å²) in [6, 6.07) is 17.8. The molecule has 2 amide bonds. The lowest BCUT2D eigenvalue weighted by Gasteiger charge is -2.10. The second-order valence-electron chi connectivity index (χ2n) is 7.84. The maximum Gasteiger partial charge on any atom is 0.306 e. The molecule has 2 N–H and O–H groups in total. The van der Waals surface area contributed by atoms with Crippen LogP contribution in [0.1, 0.15) is 24.0 Å². The molecule has 0 aliphatic heterocycles. The topological polar surface area (TPSA) is 93.7 Å². The number of hydrogen-bond acceptors (Lipinski definition) is 5. The number of halogens is 2. The molecule has 0 aliphatic carbocycles. The first-order chi connectivity index (χ1) is 16.7. The zero-order chi connectivity index (χ0) is 25.4. The van der Waals surface area contributed by atoms with Crippen molar-refractivity contribution in [2.75, 3.05) is 17.2 Å². The number of aryl methyl sites for hydroxylation is 2. The van der Waals surface area contributed by atoms with Crippen LogP contribution in [0.4, 0.5) is 11.4 Å². The molecule has 3 aromatic rings. The molecule has 0 aromatic heterocycles. The quantitative estimate of drug-likeness (QED) is 0.295. The molecule has 0 atom stereocenters. The first-order valence-electron chi connectivity index (χ1n) is 10.7. The molecule has 182 valence electrons. The number of carbonyl (C=O) groups excluding carboxylic acids is 3. The third-order valence-corrected chi connectivity index (χ3v) is 5.93. The van der Waals surface area contributed by atoms with Crippen molar-refractivity contribution in [3.8, 4) is 11.5 Å². The lowest BCUT2D eigenvalue weighted by Crippen LogP contribution is -2.21. The summed E-state index contributed by atoms with van der Waals surface area (Å²) in [7, 11) is 0. The minimum absolute atomic E-state index is 0.0798. The maximum atomic E-state index is 12.2. The number of hydrogen-bond donors (Lipinski definition) is 2. The normalized spacial score (nSPS) is 10.4. The summed E-state index contributed by atoms with van der Waals surface area (Å²) >= 11 is 9.24. The fraction of sp³-hybridized carbons (Fsp3) is 0.192. The molecule has 9 heteroatoms. The number of nitrogens with one attached hydrogen (secondary N) is 2. The van der Waals surface area contributed by atoms with Crippen LogP contribution in [0.15, 0.2) is 65.1 Å². The first-order valence-corrected chi connectivity index (χ1v) is 11.9. The van der Waals surface area contributed by atoms with Crippen LogP contribution in [0.5, 0.6) is 11.5 Å². The van der Waals surface area contributed by atoms with Crippen LogP contribution < -0.4 is 15.4 Å². The number of ether oxygens (including phenoxy) is 2. The number of esters is 1. The number of amides is 2.